The largest absolute Gasteiger partial charge is 0.480 e. The normalized spacial score (nSPS) is 19.6. The topological polar surface area (TPSA) is 105 Å². The first-order chi connectivity index (χ1) is 12.0. The highest BCUT2D eigenvalue weighted by atomic mass is 19.3. The van der Waals surface area contributed by atoms with Crippen LogP contribution in [0.2, 0.25) is 0 Å². The zero-order chi connectivity index (χ0) is 21.2. The number of halogens is 3. The van der Waals surface area contributed by atoms with E-state index in [1.165, 1.54) is 6.92 Å². The molecule has 7 nitrogen and oxygen atoms in total. The molecule has 1 rings (SSSR count). The number of hydrogen-bond donors (Lipinski definition) is 3. The molecule has 3 N–H and O–H groups in total. The van der Waals surface area contributed by atoms with Gasteiger partial charge in [-0.1, -0.05) is 0 Å². The molecule has 156 valence electrons. The van der Waals surface area contributed by atoms with Gasteiger partial charge in [0.05, 0.1) is 11.7 Å². The van der Waals surface area contributed by atoms with Gasteiger partial charge in [0.1, 0.15) is 17.8 Å². The number of carbonyl (C=O) groups excluding carboxylic acids is 2. The smallest absolute Gasteiger partial charge is 0.326 e. The van der Waals surface area contributed by atoms with E-state index in [1.54, 1.807) is 20.8 Å². The molecule has 1 fully saturated rings. The highest BCUT2D eigenvalue weighted by Crippen LogP contribution is 2.43. The first-order valence-electron chi connectivity index (χ1n) is 8.63. The van der Waals surface area contributed by atoms with Crippen molar-refractivity contribution < 1.29 is 37.4 Å². The van der Waals surface area contributed by atoms with Crippen molar-refractivity contribution in [3.63, 3.8) is 0 Å². The number of rotatable bonds is 9. The van der Waals surface area contributed by atoms with Crippen LogP contribution < -0.4 is 10.6 Å². The minimum absolute atomic E-state index is 0.193. The molecule has 0 unspecified atom stereocenters. The van der Waals surface area contributed by atoms with Crippen LogP contribution in [-0.4, -0.2) is 58.3 Å². The lowest BCUT2D eigenvalue weighted by atomic mass is 10.1. The van der Waals surface area contributed by atoms with E-state index < -0.39 is 59.6 Å². The first kappa shape index (κ1) is 23.2. The van der Waals surface area contributed by atoms with Gasteiger partial charge < -0.3 is 20.5 Å². The van der Waals surface area contributed by atoms with Crippen molar-refractivity contribution >= 4 is 17.8 Å². The molecule has 0 spiro atoms. The van der Waals surface area contributed by atoms with Crippen LogP contribution in [0.5, 0.6) is 0 Å². The van der Waals surface area contributed by atoms with Crippen molar-refractivity contribution in [3.8, 4) is 0 Å². The third-order valence-electron chi connectivity index (χ3n) is 3.95. The van der Waals surface area contributed by atoms with Crippen LogP contribution in [0.15, 0.2) is 0 Å². The zero-order valence-corrected chi connectivity index (χ0v) is 16.1. The van der Waals surface area contributed by atoms with Crippen molar-refractivity contribution in [3.05, 3.63) is 0 Å². The summed E-state index contributed by atoms with van der Waals surface area (Å²) in [6.07, 6.45) is -1.10. The number of carboxylic acid groups (broad SMARTS) is 1. The Labute approximate surface area is 156 Å². The van der Waals surface area contributed by atoms with Crippen molar-refractivity contribution in [1.29, 1.82) is 0 Å². The molecule has 0 bridgehead atoms. The third-order valence-corrected chi connectivity index (χ3v) is 3.95. The van der Waals surface area contributed by atoms with Crippen LogP contribution in [0.4, 0.5) is 13.2 Å². The molecule has 0 aromatic rings. The van der Waals surface area contributed by atoms with Crippen molar-refractivity contribution in [2.24, 2.45) is 0 Å². The molecule has 2 amide bonds. The van der Waals surface area contributed by atoms with E-state index in [0.717, 1.165) is 0 Å². The molecule has 10 heteroatoms. The number of alkyl halides is 3. The maximum atomic E-state index is 13.9. The van der Waals surface area contributed by atoms with Gasteiger partial charge in [0.25, 0.3) is 5.91 Å². The van der Waals surface area contributed by atoms with Gasteiger partial charge in [-0.3, -0.25) is 9.59 Å². The van der Waals surface area contributed by atoms with Gasteiger partial charge in [-0.15, -0.1) is 0 Å². The fraction of sp³-hybridized carbons (Fsp3) is 0.824. The van der Waals surface area contributed by atoms with Crippen molar-refractivity contribution in [1.82, 2.24) is 10.6 Å². The van der Waals surface area contributed by atoms with Gasteiger partial charge in [0.2, 0.25) is 5.91 Å². The molecule has 3 atom stereocenters. The van der Waals surface area contributed by atoms with Crippen LogP contribution >= 0.6 is 0 Å². The second-order valence-corrected chi connectivity index (χ2v) is 8.03. The minimum Gasteiger partial charge on any atom is -0.480 e. The number of nitrogens with one attached hydrogen (secondary N) is 2. The monoisotopic (exact) mass is 396 g/mol. The van der Waals surface area contributed by atoms with E-state index in [4.69, 9.17) is 4.74 Å². The molecule has 1 saturated carbocycles. The predicted molar refractivity (Wildman–Crippen MR) is 90.1 cm³/mol. The maximum absolute atomic E-state index is 13.9. The molecule has 0 aromatic heterocycles. The number of ether oxygens (including phenoxy) is 1. The number of amides is 2. The lowest BCUT2D eigenvalue weighted by molar-refractivity contribution is -0.151. The summed E-state index contributed by atoms with van der Waals surface area (Å²) < 4.78 is 45.9. The van der Waals surface area contributed by atoms with E-state index >= 15 is 0 Å². The minimum atomic E-state index is -3.75. The van der Waals surface area contributed by atoms with E-state index in [0.29, 0.717) is 6.92 Å². The number of carbonyl (C=O) groups is 3. The van der Waals surface area contributed by atoms with Crippen LogP contribution in [-0.2, 0) is 19.1 Å². The molecule has 0 heterocycles. The Kier molecular flexibility index (Phi) is 6.90. The Bertz CT molecular complexity index is 582. The van der Waals surface area contributed by atoms with Crippen LogP contribution in [0.3, 0.4) is 0 Å². The van der Waals surface area contributed by atoms with Gasteiger partial charge in [-0.25, -0.2) is 9.18 Å². The Morgan fingerprint density at radius 3 is 2.04 bits per heavy atom. The molecule has 1 aliphatic carbocycles. The fourth-order valence-corrected chi connectivity index (χ4v) is 2.46. The predicted octanol–water partition coefficient (Wildman–Crippen LogP) is 1.79. The SMILES string of the molecule is C[C@@H](OC(C)(C)C)[C@H](NC(=O)C(C)(F)F)C(=O)N[C@@H](CC1(F)CC1)C(=O)O. The van der Waals surface area contributed by atoms with E-state index in [2.05, 4.69) is 5.32 Å². The fourth-order valence-electron chi connectivity index (χ4n) is 2.46. The zero-order valence-electron chi connectivity index (χ0n) is 16.1. The molecular weight excluding hydrogens is 369 g/mol. The highest BCUT2D eigenvalue weighted by Gasteiger charge is 2.47. The van der Waals surface area contributed by atoms with Crippen LogP contribution in [0, 0.1) is 0 Å². The molecular formula is C17H27F3N2O5. The standard InChI is InChI=1S/C17H27F3N2O5/c1-9(27-15(2,3)4)11(22-14(26)16(5,18)19)12(23)21-10(13(24)25)8-17(20)6-7-17/h9-11H,6-8H2,1-5H3,(H,21,23)(H,22,26)(H,24,25)/t9-,10+,11+/m1/s1. The van der Waals surface area contributed by atoms with Gasteiger partial charge >= 0.3 is 11.9 Å². The van der Waals surface area contributed by atoms with Crippen molar-refractivity contribution in [2.45, 2.75) is 89.3 Å². The highest BCUT2D eigenvalue weighted by molar-refractivity contribution is 5.92. The Balaban J connectivity index is 2.95. The summed E-state index contributed by atoms with van der Waals surface area (Å²) in [7, 11) is 0. The molecule has 0 saturated heterocycles. The second kappa shape index (κ2) is 8.04. The molecule has 0 aromatic carbocycles. The Morgan fingerprint density at radius 2 is 1.67 bits per heavy atom. The molecule has 27 heavy (non-hydrogen) atoms. The van der Waals surface area contributed by atoms with Crippen LogP contribution in [0.1, 0.15) is 53.9 Å². The Morgan fingerprint density at radius 1 is 1.15 bits per heavy atom. The molecule has 0 radical (unpaired) electrons. The molecule has 1 aliphatic rings. The van der Waals surface area contributed by atoms with Gasteiger partial charge in [-0.2, -0.15) is 8.78 Å². The van der Waals surface area contributed by atoms with Crippen molar-refractivity contribution in [2.75, 3.05) is 0 Å². The lowest BCUT2D eigenvalue weighted by Gasteiger charge is -2.32. The summed E-state index contributed by atoms with van der Waals surface area (Å²) in [4.78, 5) is 35.5. The lowest BCUT2D eigenvalue weighted by Crippen LogP contribution is -2.59. The first-order valence-corrected chi connectivity index (χ1v) is 8.63. The van der Waals surface area contributed by atoms with Gasteiger partial charge in [0.15, 0.2) is 0 Å². The van der Waals surface area contributed by atoms with E-state index in [-0.39, 0.29) is 12.8 Å². The summed E-state index contributed by atoms with van der Waals surface area (Å²) in [5.41, 5.74) is -2.42. The summed E-state index contributed by atoms with van der Waals surface area (Å²) in [6, 6.07) is -3.13. The summed E-state index contributed by atoms with van der Waals surface area (Å²) in [6.45, 7) is 6.74. The third kappa shape index (κ3) is 7.74. The molecule has 0 aliphatic heterocycles. The van der Waals surface area contributed by atoms with E-state index in [9.17, 15) is 32.7 Å². The number of aliphatic carboxylic acids is 1. The second-order valence-electron chi connectivity index (χ2n) is 8.03. The van der Waals surface area contributed by atoms with Crippen LogP contribution in [0.25, 0.3) is 0 Å². The average Bonchev–Trinajstić information content (AvgIpc) is 3.17. The summed E-state index contributed by atoms with van der Waals surface area (Å²) >= 11 is 0. The number of hydrogen-bond acceptors (Lipinski definition) is 4. The average molecular weight is 396 g/mol. The summed E-state index contributed by atoms with van der Waals surface area (Å²) in [5.74, 6) is -7.95. The Hall–Kier alpha value is -1.84. The maximum Gasteiger partial charge on any atom is 0.326 e. The summed E-state index contributed by atoms with van der Waals surface area (Å²) in [5, 5.41) is 13.2. The number of carboxylic acids is 1. The van der Waals surface area contributed by atoms with Gasteiger partial charge in [-0.05, 0) is 40.5 Å². The van der Waals surface area contributed by atoms with E-state index in [1.807, 2.05) is 5.32 Å². The quantitative estimate of drug-likeness (QED) is 0.551. The van der Waals surface area contributed by atoms with Gasteiger partial charge in [0, 0.05) is 13.3 Å².